The minimum absolute atomic E-state index is 0.549. The van der Waals surface area contributed by atoms with Crippen molar-refractivity contribution in [3.63, 3.8) is 0 Å². The largest absolute Gasteiger partial charge is 0.363 e. The maximum Gasteiger partial charge on any atom is 0.180 e. The zero-order valence-corrected chi connectivity index (χ0v) is 14.1. The van der Waals surface area contributed by atoms with Gasteiger partial charge >= 0.3 is 0 Å². The third-order valence-corrected chi connectivity index (χ3v) is 5.70. The Hall–Kier alpha value is -1.72. The molecule has 1 aromatic carbocycles. The first-order valence-electron chi connectivity index (χ1n) is 7.73. The van der Waals surface area contributed by atoms with Crippen LogP contribution >= 0.6 is 23.4 Å². The fraction of sp³-hybridized carbons (Fsp3) is 0.294. The molecule has 3 aromatic rings. The van der Waals surface area contributed by atoms with Crippen LogP contribution in [-0.4, -0.2) is 20.1 Å². The first-order valence-corrected chi connectivity index (χ1v) is 9.16. The smallest absolute Gasteiger partial charge is 0.180 e. The average Bonchev–Trinajstić information content (AvgIpc) is 3.22. The number of benzene rings is 1. The Kier molecular flexibility index (Phi) is 4.14. The van der Waals surface area contributed by atoms with Gasteiger partial charge in [0.15, 0.2) is 11.5 Å². The first-order chi connectivity index (χ1) is 11.3. The Morgan fingerprint density at radius 1 is 1.35 bits per heavy atom. The van der Waals surface area contributed by atoms with Crippen molar-refractivity contribution in [2.75, 3.05) is 11.1 Å². The highest BCUT2D eigenvalue weighted by Crippen LogP contribution is 2.40. The molecule has 2 aromatic heterocycles. The van der Waals surface area contributed by atoms with E-state index in [-0.39, 0.29) is 0 Å². The summed E-state index contributed by atoms with van der Waals surface area (Å²) in [7, 11) is 0. The molecule has 1 aliphatic heterocycles. The number of nitrogens with zero attached hydrogens (tertiary/aromatic N) is 3. The zero-order chi connectivity index (χ0) is 15.6. The molecule has 1 atom stereocenters. The van der Waals surface area contributed by atoms with Crippen molar-refractivity contribution < 1.29 is 0 Å². The van der Waals surface area contributed by atoms with E-state index in [0.717, 1.165) is 22.1 Å². The van der Waals surface area contributed by atoms with Crippen LogP contribution in [0.3, 0.4) is 0 Å². The van der Waals surface area contributed by atoms with Crippen LogP contribution in [0.5, 0.6) is 0 Å². The molecular weight excluding hydrogens is 328 g/mol. The molecule has 4 rings (SSSR count). The van der Waals surface area contributed by atoms with Crippen molar-refractivity contribution in [1.29, 1.82) is 0 Å². The van der Waals surface area contributed by atoms with E-state index in [9.17, 15) is 0 Å². The lowest BCUT2D eigenvalue weighted by Gasteiger charge is -2.10. The van der Waals surface area contributed by atoms with Gasteiger partial charge in [-0.25, -0.2) is 9.97 Å². The van der Waals surface area contributed by atoms with Gasteiger partial charge in [-0.3, -0.25) is 4.40 Å². The van der Waals surface area contributed by atoms with E-state index in [0.29, 0.717) is 11.8 Å². The molecule has 0 unspecified atom stereocenters. The molecule has 3 heterocycles. The van der Waals surface area contributed by atoms with Gasteiger partial charge in [0.25, 0.3) is 0 Å². The molecule has 23 heavy (non-hydrogen) atoms. The highest BCUT2D eigenvalue weighted by molar-refractivity contribution is 7.99. The summed E-state index contributed by atoms with van der Waals surface area (Å²) in [4.78, 5) is 9.04. The maximum absolute atomic E-state index is 6.04. The Balaban J connectivity index is 1.60. The van der Waals surface area contributed by atoms with Crippen molar-refractivity contribution in [2.45, 2.75) is 24.6 Å². The Morgan fingerprint density at radius 3 is 3.13 bits per heavy atom. The molecule has 0 radical (unpaired) electrons. The van der Waals surface area contributed by atoms with Gasteiger partial charge < -0.3 is 5.32 Å². The molecule has 6 heteroatoms. The Morgan fingerprint density at radius 2 is 2.30 bits per heavy atom. The van der Waals surface area contributed by atoms with Crippen LogP contribution in [0.15, 0.2) is 42.9 Å². The van der Waals surface area contributed by atoms with Gasteiger partial charge in [0.1, 0.15) is 0 Å². The first kappa shape index (κ1) is 14.8. The summed E-state index contributed by atoms with van der Waals surface area (Å²) in [6, 6.07) is 7.84. The van der Waals surface area contributed by atoms with Crippen molar-refractivity contribution in [2.24, 2.45) is 0 Å². The highest BCUT2D eigenvalue weighted by atomic mass is 35.5. The van der Waals surface area contributed by atoms with Gasteiger partial charge in [-0.2, -0.15) is 11.8 Å². The minimum atomic E-state index is 0.549. The van der Waals surface area contributed by atoms with Crippen LogP contribution in [0.2, 0.25) is 5.02 Å². The van der Waals surface area contributed by atoms with Gasteiger partial charge in [0.05, 0.1) is 11.9 Å². The summed E-state index contributed by atoms with van der Waals surface area (Å²) >= 11 is 8.05. The normalized spacial score (nSPS) is 17.7. The average molecular weight is 345 g/mol. The summed E-state index contributed by atoms with van der Waals surface area (Å²) in [5.41, 5.74) is 3.28. The highest BCUT2D eigenvalue weighted by Gasteiger charge is 2.21. The zero-order valence-electron chi connectivity index (χ0n) is 12.6. The molecule has 0 amide bonds. The number of imidazole rings is 1. The lowest BCUT2D eigenvalue weighted by atomic mass is 10.2. The van der Waals surface area contributed by atoms with E-state index in [2.05, 4.69) is 19.7 Å². The van der Waals surface area contributed by atoms with Crippen LogP contribution in [-0.2, 0) is 6.54 Å². The van der Waals surface area contributed by atoms with E-state index < -0.39 is 0 Å². The molecule has 4 nitrogen and oxygen atoms in total. The third kappa shape index (κ3) is 3.03. The lowest BCUT2D eigenvalue weighted by Crippen LogP contribution is -2.04. The predicted octanol–water partition coefficient (Wildman–Crippen LogP) is 4.56. The van der Waals surface area contributed by atoms with Crippen LogP contribution in [0.1, 0.15) is 29.3 Å². The number of rotatable bonds is 4. The van der Waals surface area contributed by atoms with Crippen LogP contribution < -0.4 is 5.32 Å². The lowest BCUT2D eigenvalue weighted by molar-refractivity contribution is 0.798. The summed E-state index contributed by atoms with van der Waals surface area (Å²) in [5.74, 6) is 2.05. The summed E-state index contributed by atoms with van der Waals surface area (Å²) in [6.45, 7) is 0.674. The monoisotopic (exact) mass is 344 g/mol. The van der Waals surface area contributed by atoms with Crippen molar-refractivity contribution in [3.05, 3.63) is 59.1 Å². The third-order valence-electron chi connectivity index (χ3n) is 4.07. The van der Waals surface area contributed by atoms with Crippen LogP contribution in [0.4, 0.5) is 5.82 Å². The molecule has 1 saturated heterocycles. The standard InChI is InChI=1S/C17H17ClN4S/c18-13-4-1-3-12(9-13)10-20-16-17-21-11-14(15-5-2-8-23-15)22(17)7-6-19-16/h1,3-4,6-7,9,11,15H,2,5,8,10H2,(H,19,20)/t15-/m0/s1. The topological polar surface area (TPSA) is 42.2 Å². The molecule has 1 N–H and O–H groups in total. The Labute approximate surface area is 144 Å². The van der Waals surface area contributed by atoms with Gasteiger partial charge in [-0.1, -0.05) is 23.7 Å². The van der Waals surface area contributed by atoms with Crippen LogP contribution in [0, 0.1) is 0 Å². The second-order valence-corrected chi connectivity index (χ2v) is 7.38. The molecule has 0 bridgehead atoms. The fourth-order valence-corrected chi connectivity index (χ4v) is 4.45. The second kappa shape index (κ2) is 6.42. The van der Waals surface area contributed by atoms with Crippen molar-refractivity contribution in [3.8, 4) is 0 Å². The quantitative estimate of drug-likeness (QED) is 0.753. The number of aromatic nitrogens is 3. The molecule has 0 saturated carbocycles. The van der Waals surface area contributed by atoms with Gasteiger partial charge in [0.2, 0.25) is 0 Å². The van der Waals surface area contributed by atoms with E-state index in [1.165, 1.54) is 24.3 Å². The second-order valence-electron chi connectivity index (χ2n) is 5.64. The fourth-order valence-electron chi connectivity index (χ4n) is 2.94. The predicted molar refractivity (Wildman–Crippen MR) is 96.2 cm³/mol. The molecule has 1 aliphatic rings. The number of nitrogens with one attached hydrogen (secondary N) is 1. The van der Waals surface area contributed by atoms with Gasteiger partial charge in [-0.15, -0.1) is 0 Å². The van der Waals surface area contributed by atoms with Crippen LogP contribution in [0.25, 0.3) is 5.65 Å². The van der Waals surface area contributed by atoms with Gasteiger partial charge in [0, 0.05) is 29.2 Å². The van der Waals surface area contributed by atoms with E-state index >= 15 is 0 Å². The number of hydrogen-bond donors (Lipinski definition) is 1. The minimum Gasteiger partial charge on any atom is -0.363 e. The maximum atomic E-state index is 6.04. The Bertz CT molecular complexity index is 826. The molecule has 1 fully saturated rings. The van der Waals surface area contributed by atoms with Crippen molar-refractivity contribution >= 4 is 34.8 Å². The number of halogens is 1. The van der Waals surface area contributed by atoms with E-state index in [1.54, 1.807) is 0 Å². The van der Waals surface area contributed by atoms with Gasteiger partial charge in [-0.05, 0) is 36.3 Å². The number of hydrogen-bond acceptors (Lipinski definition) is 4. The SMILES string of the molecule is Clc1cccc(CNc2nccn3c([C@@H]4CCCS4)cnc23)c1. The number of thioether (sulfide) groups is 1. The molecule has 118 valence electrons. The van der Waals surface area contributed by atoms with Crippen molar-refractivity contribution in [1.82, 2.24) is 14.4 Å². The number of fused-ring (bicyclic) bond motifs is 1. The summed E-state index contributed by atoms with van der Waals surface area (Å²) in [5, 5.41) is 4.67. The van der Waals surface area contributed by atoms with E-state index in [4.69, 9.17) is 11.6 Å². The number of anilines is 1. The van der Waals surface area contributed by atoms with E-state index in [1.807, 2.05) is 54.6 Å². The molecular formula is C17H17ClN4S. The summed E-state index contributed by atoms with van der Waals surface area (Å²) in [6.07, 6.45) is 8.34. The summed E-state index contributed by atoms with van der Waals surface area (Å²) < 4.78 is 2.16. The molecule has 0 aliphatic carbocycles. The molecule has 0 spiro atoms.